The molecule has 0 bridgehead atoms. The van der Waals surface area contributed by atoms with E-state index in [0.717, 1.165) is 10.6 Å². The number of rotatable bonds is 2. The molecule has 1 aromatic carbocycles. The first-order valence-corrected chi connectivity index (χ1v) is 5.69. The third-order valence-corrected chi connectivity index (χ3v) is 3.07. The molecule has 0 radical (unpaired) electrons. The Labute approximate surface area is 101 Å². The molecule has 0 spiro atoms. The largest absolute Gasteiger partial charge is 0.289 e. The molecular weight excluding hydrogens is 246 g/mol. The summed E-state index contributed by atoms with van der Waals surface area (Å²) in [5.41, 5.74) is 3.23. The van der Waals surface area contributed by atoms with Crippen molar-refractivity contribution in [2.75, 3.05) is 0 Å². The van der Waals surface area contributed by atoms with Crippen molar-refractivity contribution in [3.63, 3.8) is 0 Å². The fourth-order valence-corrected chi connectivity index (χ4v) is 2.19. The van der Waals surface area contributed by atoms with Crippen molar-refractivity contribution in [2.45, 2.75) is 0 Å². The van der Waals surface area contributed by atoms with Gasteiger partial charge in [0, 0.05) is 16.0 Å². The summed E-state index contributed by atoms with van der Waals surface area (Å²) < 4.78 is 0. The lowest BCUT2D eigenvalue weighted by Crippen LogP contribution is -2.30. The van der Waals surface area contributed by atoms with E-state index in [-0.39, 0.29) is 0 Å². The Balaban J connectivity index is 2.35. The molecule has 16 heavy (non-hydrogen) atoms. The van der Waals surface area contributed by atoms with E-state index in [1.165, 1.54) is 11.3 Å². The second kappa shape index (κ2) is 4.61. The standard InChI is InChI=1S/C10H8ClN3OS/c11-7-3-1-2-6(4-7)10-13-8(5-16-10)9(15)14-12/h1-5H,12H2,(H,14,15). The lowest BCUT2D eigenvalue weighted by Gasteiger charge is -1.96. The molecule has 0 saturated heterocycles. The number of nitrogens with zero attached hydrogens (tertiary/aromatic N) is 1. The minimum absolute atomic E-state index is 0.308. The molecule has 0 fully saturated rings. The number of amides is 1. The van der Waals surface area contributed by atoms with Crippen LogP contribution in [-0.2, 0) is 0 Å². The lowest BCUT2D eigenvalue weighted by atomic mass is 10.2. The van der Waals surface area contributed by atoms with Crippen LogP contribution in [0.1, 0.15) is 10.5 Å². The van der Waals surface area contributed by atoms with Crippen LogP contribution in [0.15, 0.2) is 29.6 Å². The Kier molecular flexibility index (Phi) is 3.19. The van der Waals surface area contributed by atoms with Gasteiger partial charge in [0.15, 0.2) is 0 Å². The van der Waals surface area contributed by atoms with Gasteiger partial charge in [-0.05, 0) is 12.1 Å². The van der Waals surface area contributed by atoms with Gasteiger partial charge in [0.2, 0.25) is 0 Å². The van der Waals surface area contributed by atoms with Crippen LogP contribution >= 0.6 is 22.9 Å². The summed E-state index contributed by atoms with van der Waals surface area (Å²) in [6.45, 7) is 0. The zero-order valence-corrected chi connectivity index (χ0v) is 9.68. The molecule has 1 amide bonds. The number of carbonyl (C=O) groups is 1. The molecular formula is C10H8ClN3OS. The summed E-state index contributed by atoms with van der Waals surface area (Å²) in [6, 6.07) is 7.30. The summed E-state index contributed by atoms with van der Waals surface area (Å²) in [6.07, 6.45) is 0. The zero-order valence-electron chi connectivity index (χ0n) is 8.11. The number of benzene rings is 1. The van der Waals surface area contributed by atoms with Crippen LogP contribution < -0.4 is 11.3 Å². The molecule has 2 aromatic rings. The summed E-state index contributed by atoms with van der Waals surface area (Å²) in [4.78, 5) is 15.4. The van der Waals surface area contributed by atoms with Crippen LogP contribution in [0.4, 0.5) is 0 Å². The number of aromatic nitrogens is 1. The number of nitrogen functional groups attached to an aromatic ring is 1. The van der Waals surface area contributed by atoms with Crippen LogP contribution in [0.3, 0.4) is 0 Å². The topological polar surface area (TPSA) is 68.0 Å². The van der Waals surface area contributed by atoms with Gasteiger partial charge in [-0.3, -0.25) is 10.2 Å². The van der Waals surface area contributed by atoms with Crippen LogP contribution in [0.5, 0.6) is 0 Å². The highest BCUT2D eigenvalue weighted by Gasteiger charge is 2.10. The lowest BCUT2D eigenvalue weighted by molar-refractivity contribution is 0.0949. The number of halogens is 1. The average Bonchev–Trinajstić information content (AvgIpc) is 2.77. The first-order valence-electron chi connectivity index (χ1n) is 4.43. The Morgan fingerprint density at radius 3 is 3.00 bits per heavy atom. The summed E-state index contributed by atoms with van der Waals surface area (Å²) in [5.74, 6) is 4.62. The Morgan fingerprint density at radius 1 is 1.50 bits per heavy atom. The number of nitrogens with one attached hydrogen (secondary N) is 1. The maximum absolute atomic E-state index is 11.2. The Hall–Kier alpha value is -1.43. The van der Waals surface area contributed by atoms with Gasteiger partial charge in [-0.2, -0.15) is 0 Å². The van der Waals surface area contributed by atoms with E-state index >= 15 is 0 Å². The van der Waals surface area contributed by atoms with E-state index in [2.05, 4.69) is 4.98 Å². The van der Waals surface area contributed by atoms with Crippen molar-refractivity contribution < 1.29 is 4.79 Å². The minimum atomic E-state index is -0.399. The smallest absolute Gasteiger partial charge is 0.284 e. The molecule has 2 rings (SSSR count). The van der Waals surface area contributed by atoms with E-state index < -0.39 is 5.91 Å². The third-order valence-electron chi connectivity index (χ3n) is 1.94. The van der Waals surface area contributed by atoms with Gasteiger partial charge < -0.3 is 0 Å². The zero-order chi connectivity index (χ0) is 11.5. The molecule has 6 heteroatoms. The van der Waals surface area contributed by atoms with Crippen molar-refractivity contribution in [2.24, 2.45) is 5.84 Å². The van der Waals surface area contributed by atoms with Crippen molar-refractivity contribution in [3.05, 3.63) is 40.4 Å². The molecule has 0 saturated carbocycles. The number of nitrogens with two attached hydrogens (primary N) is 1. The molecule has 4 nitrogen and oxygen atoms in total. The minimum Gasteiger partial charge on any atom is -0.289 e. The highest BCUT2D eigenvalue weighted by molar-refractivity contribution is 7.13. The monoisotopic (exact) mass is 253 g/mol. The molecule has 1 heterocycles. The molecule has 82 valence electrons. The van der Waals surface area contributed by atoms with Crippen molar-refractivity contribution in [3.8, 4) is 10.6 Å². The summed E-state index contributed by atoms with van der Waals surface area (Å²) in [7, 11) is 0. The first-order chi connectivity index (χ1) is 7.70. The fraction of sp³-hybridized carbons (Fsp3) is 0. The second-order valence-electron chi connectivity index (χ2n) is 3.02. The van der Waals surface area contributed by atoms with Crippen LogP contribution in [-0.4, -0.2) is 10.9 Å². The van der Waals surface area contributed by atoms with Crippen LogP contribution in [0.25, 0.3) is 10.6 Å². The number of carbonyl (C=O) groups excluding carboxylic acids is 1. The van der Waals surface area contributed by atoms with E-state index in [1.54, 1.807) is 17.5 Å². The number of hydrogen-bond acceptors (Lipinski definition) is 4. The van der Waals surface area contributed by atoms with Gasteiger partial charge in [0.25, 0.3) is 5.91 Å². The van der Waals surface area contributed by atoms with Gasteiger partial charge in [-0.25, -0.2) is 10.8 Å². The summed E-state index contributed by atoms with van der Waals surface area (Å²) in [5, 5.41) is 3.02. The first kappa shape index (κ1) is 11.1. The predicted molar refractivity (Wildman–Crippen MR) is 64.2 cm³/mol. The van der Waals surface area contributed by atoms with Crippen molar-refractivity contribution in [1.29, 1.82) is 0 Å². The molecule has 1 aromatic heterocycles. The summed E-state index contributed by atoms with van der Waals surface area (Å²) >= 11 is 7.24. The number of hydrogen-bond donors (Lipinski definition) is 2. The molecule has 0 atom stereocenters. The maximum atomic E-state index is 11.2. The van der Waals surface area contributed by atoms with Crippen molar-refractivity contribution >= 4 is 28.8 Å². The van der Waals surface area contributed by atoms with Crippen LogP contribution in [0.2, 0.25) is 5.02 Å². The highest BCUT2D eigenvalue weighted by atomic mass is 35.5. The molecule has 0 aliphatic carbocycles. The number of thiazole rings is 1. The predicted octanol–water partition coefficient (Wildman–Crippen LogP) is 2.07. The maximum Gasteiger partial charge on any atom is 0.284 e. The normalized spacial score (nSPS) is 10.1. The second-order valence-corrected chi connectivity index (χ2v) is 4.32. The molecule has 0 unspecified atom stereocenters. The number of hydrazine groups is 1. The molecule has 0 aliphatic heterocycles. The SMILES string of the molecule is NNC(=O)c1csc(-c2cccc(Cl)c2)n1. The average molecular weight is 254 g/mol. The highest BCUT2D eigenvalue weighted by Crippen LogP contribution is 2.25. The van der Waals surface area contributed by atoms with E-state index in [1.807, 2.05) is 17.6 Å². The van der Waals surface area contributed by atoms with Gasteiger partial charge >= 0.3 is 0 Å². The quantitative estimate of drug-likeness (QED) is 0.489. The van der Waals surface area contributed by atoms with Gasteiger partial charge in [0.05, 0.1) is 0 Å². The Morgan fingerprint density at radius 2 is 2.31 bits per heavy atom. The molecule has 0 aliphatic rings. The van der Waals surface area contributed by atoms with E-state index in [9.17, 15) is 4.79 Å². The van der Waals surface area contributed by atoms with Gasteiger partial charge in [-0.15, -0.1) is 11.3 Å². The molecule has 3 N–H and O–H groups in total. The van der Waals surface area contributed by atoms with E-state index in [4.69, 9.17) is 17.4 Å². The van der Waals surface area contributed by atoms with Crippen molar-refractivity contribution in [1.82, 2.24) is 10.4 Å². The fourth-order valence-electron chi connectivity index (χ4n) is 1.21. The van der Waals surface area contributed by atoms with Gasteiger partial charge in [-0.1, -0.05) is 23.7 Å². The third kappa shape index (κ3) is 2.21. The van der Waals surface area contributed by atoms with E-state index in [0.29, 0.717) is 10.7 Å². The van der Waals surface area contributed by atoms with Crippen LogP contribution in [0, 0.1) is 0 Å². The van der Waals surface area contributed by atoms with Gasteiger partial charge in [0.1, 0.15) is 10.7 Å². The Bertz CT molecular complexity index is 526.